The molecule has 1 amide bonds. The molecule has 3 heteroatoms. The second-order valence-corrected chi connectivity index (χ2v) is 3.94. The number of hydrogen-bond acceptors (Lipinski definition) is 2. The Morgan fingerprint density at radius 1 is 1.27 bits per heavy atom. The molecule has 1 aliphatic rings. The van der Waals surface area contributed by atoms with Crippen LogP contribution < -0.4 is 0 Å². The van der Waals surface area contributed by atoms with Crippen LogP contribution in [0.4, 0.5) is 0 Å². The molecule has 0 aromatic carbocycles. The van der Waals surface area contributed by atoms with E-state index >= 15 is 0 Å². The van der Waals surface area contributed by atoms with E-state index in [0.29, 0.717) is 6.10 Å². The predicted octanol–water partition coefficient (Wildman–Crippen LogP) is 2.45. The fourth-order valence-electron chi connectivity index (χ4n) is 1.41. The average molecular weight is 215 g/mol. The molecule has 1 aliphatic heterocycles. The van der Waals surface area contributed by atoms with Crippen LogP contribution >= 0.6 is 0 Å². The number of ether oxygens (including phenoxy) is 1. The molecule has 1 fully saturated rings. The number of piperidine rings is 1. The Bertz CT molecular complexity index is 161. The lowest BCUT2D eigenvalue weighted by Gasteiger charge is -2.30. The molecule has 1 saturated heterocycles. The number of likely N-dealkylation sites (tertiary alicyclic amines) is 1. The van der Waals surface area contributed by atoms with Gasteiger partial charge in [0.15, 0.2) is 0 Å². The smallest absolute Gasteiger partial charge is 0.219 e. The zero-order valence-electron chi connectivity index (χ0n) is 10.6. The van der Waals surface area contributed by atoms with Crippen molar-refractivity contribution in [2.45, 2.75) is 52.6 Å². The van der Waals surface area contributed by atoms with Crippen molar-refractivity contribution in [1.82, 2.24) is 4.90 Å². The van der Waals surface area contributed by atoms with Gasteiger partial charge >= 0.3 is 0 Å². The van der Waals surface area contributed by atoms with Crippen LogP contribution in [0.3, 0.4) is 0 Å². The maximum Gasteiger partial charge on any atom is 0.219 e. The van der Waals surface area contributed by atoms with Gasteiger partial charge in [0.25, 0.3) is 0 Å². The number of rotatable bonds is 2. The molecule has 0 radical (unpaired) electrons. The first kappa shape index (κ1) is 14.4. The summed E-state index contributed by atoms with van der Waals surface area (Å²) in [6.07, 6.45) is 4.97. The summed E-state index contributed by atoms with van der Waals surface area (Å²) in [5, 5.41) is 0. The van der Waals surface area contributed by atoms with Gasteiger partial charge in [-0.3, -0.25) is 4.79 Å². The van der Waals surface area contributed by atoms with E-state index in [1.54, 1.807) is 14.0 Å². The third-order valence-corrected chi connectivity index (χ3v) is 2.72. The van der Waals surface area contributed by atoms with Crippen molar-refractivity contribution in [1.29, 1.82) is 0 Å². The average Bonchev–Trinajstić information content (AvgIpc) is 2.29. The number of carbonyl (C=O) groups is 1. The molecule has 3 nitrogen and oxygen atoms in total. The normalized spacial score (nSPS) is 16.9. The molecule has 0 aromatic heterocycles. The molecule has 0 saturated carbocycles. The van der Waals surface area contributed by atoms with Crippen molar-refractivity contribution in [2.75, 3.05) is 20.2 Å². The van der Waals surface area contributed by atoms with Crippen LogP contribution in [0.25, 0.3) is 0 Å². The van der Waals surface area contributed by atoms with Crippen LogP contribution in [-0.4, -0.2) is 37.1 Å². The number of methoxy groups -OCH3 is 1. The van der Waals surface area contributed by atoms with E-state index in [-0.39, 0.29) is 5.91 Å². The SMILES string of the molecule is CCCC.COC1CCN(C(C)=O)CC1. The third-order valence-electron chi connectivity index (χ3n) is 2.72. The topological polar surface area (TPSA) is 29.5 Å². The highest BCUT2D eigenvalue weighted by Crippen LogP contribution is 2.12. The Hall–Kier alpha value is -0.570. The Labute approximate surface area is 93.8 Å². The quantitative estimate of drug-likeness (QED) is 0.708. The number of unbranched alkanes of at least 4 members (excludes halogenated alkanes) is 1. The maximum absolute atomic E-state index is 10.9. The summed E-state index contributed by atoms with van der Waals surface area (Å²) in [5.41, 5.74) is 0. The van der Waals surface area contributed by atoms with Crippen molar-refractivity contribution in [3.63, 3.8) is 0 Å². The summed E-state index contributed by atoms with van der Waals surface area (Å²) < 4.78 is 5.18. The predicted molar refractivity (Wildman–Crippen MR) is 62.9 cm³/mol. The molecular weight excluding hydrogens is 190 g/mol. The summed E-state index contributed by atoms with van der Waals surface area (Å²) in [6, 6.07) is 0. The Morgan fingerprint density at radius 2 is 1.73 bits per heavy atom. The standard InChI is InChI=1S/C8H15NO2.C4H10/c1-7(10)9-5-3-8(11-2)4-6-9;1-3-4-2/h8H,3-6H2,1-2H3;3-4H2,1-2H3. The van der Waals surface area contributed by atoms with Crippen molar-refractivity contribution in [2.24, 2.45) is 0 Å². The molecule has 0 bridgehead atoms. The van der Waals surface area contributed by atoms with E-state index in [1.807, 2.05) is 4.90 Å². The zero-order chi connectivity index (χ0) is 11.7. The van der Waals surface area contributed by atoms with Crippen LogP contribution in [0.2, 0.25) is 0 Å². The molecule has 0 aromatic rings. The molecule has 0 unspecified atom stereocenters. The number of hydrogen-bond donors (Lipinski definition) is 0. The van der Waals surface area contributed by atoms with Crippen LogP contribution in [0.15, 0.2) is 0 Å². The minimum absolute atomic E-state index is 0.180. The van der Waals surface area contributed by atoms with Gasteiger partial charge in [0.2, 0.25) is 5.91 Å². The summed E-state index contributed by atoms with van der Waals surface area (Å²) in [4.78, 5) is 12.7. The summed E-state index contributed by atoms with van der Waals surface area (Å²) in [5.74, 6) is 0.180. The van der Waals surface area contributed by atoms with Gasteiger partial charge in [-0.25, -0.2) is 0 Å². The Kier molecular flexibility index (Phi) is 8.38. The molecule has 1 rings (SSSR count). The molecule has 1 heterocycles. The first-order chi connectivity index (χ1) is 7.15. The van der Waals surface area contributed by atoms with Crippen LogP contribution in [-0.2, 0) is 9.53 Å². The first-order valence-electron chi connectivity index (χ1n) is 5.93. The first-order valence-corrected chi connectivity index (χ1v) is 5.93. The van der Waals surface area contributed by atoms with Gasteiger partial charge in [-0.2, -0.15) is 0 Å². The molecule has 0 atom stereocenters. The highest BCUT2D eigenvalue weighted by molar-refractivity contribution is 5.73. The van der Waals surface area contributed by atoms with E-state index in [2.05, 4.69) is 13.8 Å². The van der Waals surface area contributed by atoms with Gasteiger partial charge in [-0.15, -0.1) is 0 Å². The maximum atomic E-state index is 10.9. The lowest BCUT2D eigenvalue weighted by Crippen LogP contribution is -2.39. The largest absolute Gasteiger partial charge is 0.381 e. The highest BCUT2D eigenvalue weighted by Gasteiger charge is 2.19. The van der Waals surface area contributed by atoms with E-state index in [0.717, 1.165) is 25.9 Å². The van der Waals surface area contributed by atoms with E-state index in [4.69, 9.17) is 4.74 Å². The molecule has 90 valence electrons. The van der Waals surface area contributed by atoms with E-state index in [1.165, 1.54) is 12.8 Å². The van der Waals surface area contributed by atoms with Crippen molar-refractivity contribution >= 4 is 5.91 Å². The Balaban J connectivity index is 0.000000423. The molecule has 0 spiro atoms. The summed E-state index contributed by atoms with van der Waals surface area (Å²) >= 11 is 0. The second-order valence-electron chi connectivity index (χ2n) is 3.94. The van der Waals surface area contributed by atoms with Crippen molar-refractivity contribution in [3.8, 4) is 0 Å². The minimum Gasteiger partial charge on any atom is -0.381 e. The van der Waals surface area contributed by atoms with Crippen LogP contribution in [0.5, 0.6) is 0 Å². The molecule has 0 aliphatic carbocycles. The molecule has 0 N–H and O–H groups in total. The van der Waals surface area contributed by atoms with E-state index < -0.39 is 0 Å². The highest BCUT2D eigenvalue weighted by atomic mass is 16.5. The van der Waals surface area contributed by atoms with Gasteiger partial charge in [0.05, 0.1) is 6.10 Å². The lowest BCUT2D eigenvalue weighted by atomic mass is 10.1. The third kappa shape index (κ3) is 6.50. The second kappa shape index (κ2) is 8.72. The van der Waals surface area contributed by atoms with Crippen molar-refractivity contribution in [3.05, 3.63) is 0 Å². The summed E-state index contributed by atoms with van der Waals surface area (Å²) in [6.45, 7) is 7.69. The monoisotopic (exact) mass is 215 g/mol. The number of amides is 1. The fourth-order valence-corrected chi connectivity index (χ4v) is 1.41. The van der Waals surface area contributed by atoms with Crippen molar-refractivity contribution < 1.29 is 9.53 Å². The summed E-state index contributed by atoms with van der Waals surface area (Å²) in [7, 11) is 1.73. The molecular formula is C12H25NO2. The number of carbonyl (C=O) groups excluding carboxylic acids is 1. The molecule has 15 heavy (non-hydrogen) atoms. The Morgan fingerprint density at radius 3 is 2.00 bits per heavy atom. The lowest BCUT2D eigenvalue weighted by molar-refractivity contribution is -0.131. The van der Waals surface area contributed by atoms with Gasteiger partial charge in [0, 0.05) is 27.1 Å². The van der Waals surface area contributed by atoms with Gasteiger partial charge in [-0.05, 0) is 12.8 Å². The fraction of sp³-hybridized carbons (Fsp3) is 0.917. The van der Waals surface area contributed by atoms with Crippen LogP contribution in [0.1, 0.15) is 46.5 Å². The van der Waals surface area contributed by atoms with Gasteiger partial charge < -0.3 is 9.64 Å². The van der Waals surface area contributed by atoms with Gasteiger partial charge in [0.1, 0.15) is 0 Å². The van der Waals surface area contributed by atoms with Crippen LogP contribution in [0, 0.1) is 0 Å². The van der Waals surface area contributed by atoms with E-state index in [9.17, 15) is 4.79 Å². The minimum atomic E-state index is 0.180. The number of nitrogens with zero attached hydrogens (tertiary/aromatic N) is 1. The zero-order valence-corrected chi connectivity index (χ0v) is 10.6. The van der Waals surface area contributed by atoms with Gasteiger partial charge in [-0.1, -0.05) is 26.7 Å².